The molecule has 2 heterocycles. The van der Waals surface area contributed by atoms with Crippen molar-refractivity contribution in [1.82, 2.24) is 9.62 Å². The van der Waals surface area contributed by atoms with Gasteiger partial charge in [0.05, 0.1) is 23.0 Å². The van der Waals surface area contributed by atoms with Gasteiger partial charge in [-0.1, -0.05) is 0 Å². The van der Waals surface area contributed by atoms with Crippen molar-refractivity contribution >= 4 is 55.4 Å². The number of hydrogen-bond donors (Lipinski definition) is 2. The van der Waals surface area contributed by atoms with Crippen LogP contribution in [0.2, 0.25) is 0 Å². The van der Waals surface area contributed by atoms with Gasteiger partial charge in [0.25, 0.3) is 5.91 Å². The fourth-order valence-electron chi connectivity index (χ4n) is 3.45. The lowest BCUT2D eigenvalue weighted by Gasteiger charge is -2.26. The molecule has 1 aromatic heterocycles. The van der Waals surface area contributed by atoms with Crippen LogP contribution in [-0.4, -0.2) is 58.6 Å². The van der Waals surface area contributed by atoms with Crippen molar-refractivity contribution in [2.75, 3.05) is 44.7 Å². The second-order valence-electron chi connectivity index (χ2n) is 7.48. The summed E-state index contributed by atoms with van der Waals surface area (Å²) in [5, 5.41) is 3.42. The molecule has 178 valence electrons. The number of benzene rings is 2. The fourth-order valence-corrected chi connectivity index (χ4v) is 5.47. The lowest BCUT2D eigenvalue weighted by molar-refractivity contribution is 0.0376. The average Bonchev–Trinajstić information content (AvgIpc) is 3.21. The first-order valence-electron chi connectivity index (χ1n) is 10.3. The van der Waals surface area contributed by atoms with Crippen molar-refractivity contribution < 1.29 is 22.3 Å². The molecule has 1 aliphatic heterocycles. The molecule has 3 aromatic rings. The number of hydrogen-bond acceptors (Lipinski definition) is 6. The third kappa shape index (κ3) is 6.72. The number of fused-ring (bicyclic) bond motifs is 1. The maximum atomic E-state index is 13.4. The first-order valence-corrected chi connectivity index (χ1v) is 12.6. The Kier molecular flexibility index (Phi) is 8.80. The van der Waals surface area contributed by atoms with E-state index in [9.17, 15) is 17.6 Å². The van der Waals surface area contributed by atoms with Gasteiger partial charge in [-0.25, -0.2) is 17.5 Å². The molecule has 7 nitrogen and oxygen atoms in total. The van der Waals surface area contributed by atoms with Crippen molar-refractivity contribution in [3.63, 3.8) is 0 Å². The van der Waals surface area contributed by atoms with Gasteiger partial charge in [-0.2, -0.15) is 0 Å². The molecule has 1 aliphatic rings. The van der Waals surface area contributed by atoms with E-state index in [0.717, 1.165) is 37.5 Å². The predicted molar refractivity (Wildman–Crippen MR) is 130 cm³/mol. The summed E-state index contributed by atoms with van der Waals surface area (Å²) < 4.78 is 47.1. The van der Waals surface area contributed by atoms with E-state index in [2.05, 4.69) is 14.9 Å². The van der Waals surface area contributed by atoms with Gasteiger partial charge in [0.2, 0.25) is 10.0 Å². The van der Waals surface area contributed by atoms with Crippen molar-refractivity contribution in [3.8, 4) is 0 Å². The second kappa shape index (κ2) is 11.4. The first kappa shape index (κ1) is 25.5. The zero-order chi connectivity index (χ0) is 22.6. The highest BCUT2D eigenvalue weighted by molar-refractivity contribution is 7.89. The Balaban J connectivity index is 0.00000306. The van der Waals surface area contributed by atoms with Crippen molar-refractivity contribution in [1.29, 1.82) is 0 Å². The monoisotopic (exact) mass is 513 g/mol. The van der Waals surface area contributed by atoms with Gasteiger partial charge in [0, 0.05) is 30.0 Å². The Morgan fingerprint density at radius 1 is 1.09 bits per heavy atom. The van der Waals surface area contributed by atoms with Gasteiger partial charge in [-0.3, -0.25) is 9.69 Å². The Labute approximate surface area is 202 Å². The third-order valence-electron chi connectivity index (χ3n) is 5.17. The highest BCUT2D eigenvalue weighted by atomic mass is 35.5. The minimum absolute atomic E-state index is 0. The molecule has 2 N–H and O–H groups in total. The minimum atomic E-state index is -3.62. The van der Waals surface area contributed by atoms with Gasteiger partial charge in [0.15, 0.2) is 0 Å². The van der Waals surface area contributed by atoms with Crippen LogP contribution in [0.15, 0.2) is 53.4 Å². The van der Waals surface area contributed by atoms with E-state index >= 15 is 0 Å². The number of nitrogens with one attached hydrogen (secondary N) is 2. The summed E-state index contributed by atoms with van der Waals surface area (Å²) in [5.74, 6) is -0.683. The number of rotatable bonds is 8. The number of carbonyl (C=O) groups excluding carboxylic acids is 1. The summed E-state index contributed by atoms with van der Waals surface area (Å²) in [7, 11) is -3.62. The Bertz CT molecular complexity index is 1200. The molecular formula is C22H25ClFN3O4S2. The zero-order valence-electron chi connectivity index (χ0n) is 17.8. The topological polar surface area (TPSA) is 87.7 Å². The molecule has 1 saturated heterocycles. The van der Waals surface area contributed by atoms with Gasteiger partial charge in [0.1, 0.15) is 5.82 Å². The molecule has 0 bridgehead atoms. The van der Waals surface area contributed by atoms with Gasteiger partial charge < -0.3 is 10.1 Å². The van der Waals surface area contributed by atoms with Crippen molar-refractivity contribution in [2.24, 2.45) is 0 Å². The number of anilines is 1. The van der Waals surface area contributed by atoms with Crippen LogP contribution in [0, 0.1) is 5.82 Å². The van der Waals surface area contributed by atoms with Crippen LogP contribution < -0.4 is 10.0 Å². The summed E-state index contributed by atoms with van der Waals surface area (Å²) in [6.07, 6.45) is 0.715. The lowest BCUT2D eigenvalue weighted by Crippen LogP contribution is -2.38. The molecule has 2 aromatic carbocycles. The standard InChI is InChI=1S/C22H24FN3O4S2.ClH/c23-17-2-7-20-16(14-17)15-21(31-20)22(27)25-18-3-5-19(6-4-18)32(28,29)24-8-1-9-26-10-12-30-13-11-26;/h2-7,14-15,24H,1,8-13H2,(H,25,27);1H. The van der Waals surface area contributed by atoms with Crippen LogP contribution in [0.25, 0.3) is 10.1 Å². The maximum Gasteiger partial charge on any atom is 0.265 e. The van der Waals surface area contributed by atoms with Crippen LogP contribution in [0.5, 0.6) is 0 Å². The third-order valence-corrected chi connectivity index (χ3v) is 7.76. The van der Waals surface area contributed by atoms with Gasteiger partial charge in [-0.15, -0.1) is 23.7 Å². The largest absolute Gasteiger partial charge is 0.379 e. The van der Waals surface area contributed by atoms with E-state index in [-0.39, 0.29) is 29.0 Å². The van der Waals surface area contributed by atoms with Crippen LogP contribution in [0.4, 0.5) is 10.1 Å². The molecule has 0 spiro atoms. The predicted octanol–water partition coefficient (Wildman–Crippen LogP) is 3.72. The normalized spacial score (nSPS) is 14.7. The summed E-state index contributed by atoms with van der Waals surface area (Å²) in [5.41, 5.74) is 0.477. The van der Waals surface area contributed by atoms with Crippen LogP contribution in [-0.2, 0) is 14.8 Å². The number of sulfonamides is 1. The van der Waals surface area contributed by atoms with E-state index in [1.807, 2.05) is 0 Å². The number of carbonyl (C=O) groups is 1. The van der Waals surface area contributed by atoms with E-state index in [1.54, 1.807) is 24.3 Å². The minimum Gasteiger partial charge on any atom is -0.379 e. The number of morpholine rings is 1. The molecule has 0 unspecified atom stereocenters. The highest BCUT2D eigenvalue weighted by Gasteiger charge is 2.16. The Morgan fingerprint density at radius 3 is 2.55 bits per heavy atom. The quantitative estimate of drug-likeness (QED) is 0.448. The molecule has 0 radical (unpaired) electrons. The van der Waals surface area contributed by atoms with Gasteiger partial charge in [-0.05, 0) is 66.9 Å². The van der Waals surface area contributed by atoms with Crippen molar-refractivity contribution in [3.05, 3.63) is 59.2 Å². The summed E-state index contributed by atoms with van der Waals surface area (Å²) in [4.78, 5) is 15.4. The highest BCUT2D eigenvalue weighted by Crippen LogP contribution is 2.27. The Morgan fingerprint density at radius 2 is 1.82 bits per heavy atom. The Hall–Kier alpha value is -2.08. The SMILES string of the molecule is Cl.O=C(Nc1ccc(S(=O)(=O)NCCCN2CCOCC2)cc1)c1cc2cc(F)ccc2s1. The number of ether oxygens (including phenoxy) is 1. The molecule has 1 amide bonds. The summed E-state index contributed by atoms with van der Waals surface area (Å²) in [6.45, 7) is 4.36. The zero-order valence-corrected chi connectivity index (χ0v) is 20.2. The van der Waals surface area contributed by atoms with Crippen molar-refractivity contribution in [2.45, 2.75) is 11.3 Å². The average molecular weight is 514 g/mol. The van der Waals surface area contributed by atoms with E-state index in [4.69, 9.17) is 4.74 Å². The van der Waals surface area contributed by atoms with E-state index in [0.29, 0.717) is 28.9 Å². The van der Waals surface area contributed by atoms with Crippen LogP contribution in [0.3, 0.4) is 0 Å². The fraction of sp³-hybridized carbons (Fsp3) is 0.318. The number of amides is 1. The molecule has 0 atom stereocenters. The molecule has 33 heavy (non-hydrogen) atoms. The van der Waals surface area contributed by atoms with Crippen LogP contribution >= 0.6 is 23.7 Å². The van der Waals surface area contributed by atoms with Gasteiger partial charge >= 0.3 is 0 Å². The molecule has 0 aliphatic carbocycles. The summed E-state index contributed by atoms with van der Waals surface area (Å²) in [6, 6.07) is 12.0. The van der Waals surface area contributed by atoms with Crippen LogP contribution in [0.1, 0.15) is 16.1 Å². The molecular weight excluding hydrogens is 489 g/mol. The molecule has 0 saturated carbocycles. The lowest BCUT2D eigenvalue weighted by atomic mass is 10.2. The van der Waals surface area contributed by atoms with E-state index < -0.39 is 10.0 Å². The number of halogens is 2. The molecule has 4 rings (SSSR count). The molecule has 1 fully saturated rings. The number of nitrogens with zero attached hydrogens (tertiary/aromatic N) is 1. The van der Waals surface area contributed by atoms with E-state index in [1.165, 1.54) is 35.6 Å². The first-order chi connectivity index (χ1) is 15.4. The number of thiophene rings is 1. The molecule has 11 heteroatoms. The second-order valence-corrected chi connectivity index (χ2v) is 10.3. The maximum absolute atomic E-state index is 13.4. The smallest absolute Gasteiger partial charge is 0.265 e. The summed E-state index contributed by atoms with van der Waals surface area (Å²) >= 11 is 1.27.